The predicted octanol–water partition coefficient (Wildman–Crippen LogP) is -0.0144. The van der Waals surface area contributed by atoms with Crippen molar-refractivity contribution in [3.63, 3.8) is 0 Å². The van der Waals surface area contributed by atoms with E-state index in [1.54, 1.807) is 0 Å². The molecule has 40 valence electrons. The van der Waals surface area contributed by atoms with Gasteiger partial charge in [0.15, 0.2) is 0 Å². The Bertz CT molecular complexity index is 7.51. The number of hydrogen-bond donors (Lipinski definition) is 2. The van der Waals surface area contributed by atoms with Gasteiger partial charge in [0.1, 0.15) is 0 Å². The molecule has 0 aromatic rings. The minimum atomic E-state index is 1.00. The zero-order valence-electron chi connectivity index (χ0n) is 4.44. The van der Waals surface area contributed by atoms with Crippen LogP contribution in [0.5, 0.6) is 0 Å². The van der Waals surface area contributed by atoms with E-state index in [4.69, 9.17) is 5.11 Å². The van der Waals surface area contributed by atoms with Gasteiger partial charge >= 0.3 is 0 Å². The topological polar surface area (TPSA) is 46.2 Å². The van der Waals surface area contributed by atoms with Crippen LogP contribution in [0.25, 0.3) is 0 Å². The van der Waals surface area contributed by atoms with E-state index >= 15 is 0 Å². The van der Waals surface area contributed by atoms with Crippen LogP contribution in [0.1, 0.15) is 0 Å². The molecule has 0 unspecified atom stereocenters. The van der Waals surface area contributed by atoms with Gasteiger partial charge in [0, 0.05) is 7.11 Å². The van der Waals surface area contributed by atoms with Crippen LogP contribution >= 0.6 is 0 Å². The summed E-state index contributed by atoms with van der Waals surface area (Å²) in [5.41, 5.74) is 4.50. The minimum absolute atomic E-state index is 1.00. The van der Waals surface area contributed by atoms with Crippen molar-refractivity contribution in [2.24, 2.45) is 5.73 Å². The second-order valence-electron chi connectivity index (χ2n) is 0. The number of aliphatic hydroxyl groups excluding tert-OH is 1. The van der Waals surface area contributed by atoms with Crippen molar-refractivity contribution in [2.75, 3.05) is 14.2 Å². The van der Waals surface area contributed by atoms with E-state index < -0.39 is 0 Å². The summed E-state index contributed by atoms with van der Waals surface area (Å²) in [5.74, 6) is 0. The van der Waals surface area contributed by atoms with Crippen molar-refractivity contribution in [1.29, 1.82) is 0 Å². The van der Waals surface area contributed by atoms with Gasteiger partial charge in [-0.25, -0.2) is 0 Å². The molecule has 2 nitrogen and oxygen atoms in total. The molecular formula is C4H13NO. The highest BCUT2D eigenvalue weighted by Gasteiger charge is 0.840. The zero-order valence-corrected chi connectivity index (χ0v) is 4.44. The van der Waals surface area contributed by atoms with Gasteiger partial charge < -0.3 is 10.8 Å². The van der Waals surface area contributed by atoms with E-state index in [1.807, 2.05) is 0 Å². The monoisotopic (exact) mass is 91.1 g/mol. The van der Waals surface area contributed by atoms with Crippen LogP contribution in [0.2, 0.25) is 0 Å². The lowest BCUT2D eigenvalue weighted by Gasteiger charge is -1.21. The Balaban J connectivity index is -0.0000000225. The summed E-state index contributed by atoms with van der Waals surface area (Å²) >= 11 is 0. The molecule has 0 aromatic carbocycles. The molecule has 0 aliphatic rings. The third kappa shape index (κ3) is 224. The third-order valence-electron chi connectivity index (χ3n) is 0. The van der Waals surface area contributed by atoms with Gasteiger partial charge in [0.05, 0.1) is 0 Å². The van der Waals surface area contributed by atoms with Gasteiger partial charge in [-0.05, 0) is 7.05 Å². The first kappa shape index (κ1) is 17.4. The predicted molar refractivity (Wildman–Crippen MR) is 29.5 cm³/mol. The van der Waals surface area contributed by atoms with Crippen LogP contribution < -0.4 is 5.73 Å². The Morgan fingerprint density at radius 2 is 1.17 bits per heavy atom. The van der Waals surface area contributed by atoms with Gasteiger partial charge in [0.25, 0.3) is 0 Å². The van der Waals surface area contributed by atoms with Crippen LogP contribution in [-0.2, 0) is 0 Å². The highest BCUT2D eigenvalue weighted by atomic mass is 16.2. The molecule has 0 saturated heterocycles. The number of nitrogens with two attached hydrogens (primary N) is 1. The van der Waals surface area contributed by atoms with E-state index in [0.29, 0.717) is 0 Å². The lowest BCUT2D eigenvalue weighted by molar-refractivity contribution is 0.399. The maximum Gasteiger partial charge on any atom is 0.0319 e. The quantitative estimate of drug-likeness (QED) is 0.412. The van der Waals surface area contributed by atoms with Crippen molar-refractivity contribution in [3.05, 3.63) is 13.2 Å². The number of aliphatic hydroxyl groups is 1. The van der Waals surface area contributed by atoms with E-state index in [-0.39, 0.29) is 0 Å². The van der Waals surface area contributed by atoms with Crippen molar-refractivity contribution in [3.8, 4) is 0 Å². The lowest BCUT2D eigenvalue weighted by atomic mass is 11.3. The molecule has 0 radical (unpaired) electrons. The fourth-order valence-electron chi connectivity index (χ4n) is 0. The van der Waals surface area contributed by atoms with Gasteiger partial charge in [0.2, 0.25) is 0 Å². The fourth-order valence-corrected chi connectivity index (χ4v) is 0. The summed E-state index contributed by atoms with van der Waals surface area (Å²) in [6.45, 7) is 6.00. The summed E-state index contributed by atoms with van der Waals surface area (Å²) in [5, 5.41) is 7.00. The Morgan fingerprint density at radius 3 is 1.17 bits per heavy atom. The first-order valence-corrected chi connectivity index (χ1v) is 1.52. The fraction of sp³-hybridized carbons (Fsp3) is 0.500. The van der Waals surface area contributed by atoms with Crippen molar-refractivity contribution < 1.29 is 5.11 Å². The van der Waals surface area contributed by atoms with Crippen LogP contribution in [-0.4, -0.2) is 19.3 Å². The average molecular weight is 91.2 g/mol. The summed E-state index contributed by atoms with van der Waals surface area (Å²) in [6, 6.07) is 0. The Hall–Kier alpha value is -0.340. The van der Waals surface area contributed by atoms with Crippen LogP contribution in [0.3, 0.4) is 0 Å². The van der Waals surface area contributed by atoms with E-state index in [0.717, 1.165) is 7.11 Å². The Kier molecular flexibility index (Phi) is 1560. The molecule has 0 bridgehead atoms. The molecule has 0 atom stereocenters. The molecule has 0 heterocycles. The van der Waals surface area contributed by atoms with Gasteiger partial charge in [-0.3, -0.25) is 0 Å². The molecule has 0 aliphatic carbocycles. The molecule has 0 amide bonds. The molecule has 0 rings (SSSR count). The summed E-state index contributed by atoms with van der Waals surface area (Å²) in [7, 11) is 2.50. The number of rotatable bonds is 0. The van der Waals surface area contributed by atoms with Crippen molar-refractivity contribution >= 4 is 0 Å². The van der Waals surface area contributed by atoms with Crippen LogP contribution in [0, 0.1) is 0 Å². The summed E-state index contributed by atoms with van der Waals surface area (Å²) in [4.78, 5) is 0. The molecule has 2 heteroatoms. The highest BCUT2D eigenvalue weighted by molar-refractivity contribution is 4.22. The SMILES string of the molecule is C=C.CN.CO. The molecule has 0 spiro atoms. The molecule has 0 saturated carbocycles. The first-order chi connectivity index (χ1) is 3.00. The third-order valence-corrected chi connectivity index (χ3v) is 0. The molecular weight excluding hydrogens is 78.0 g/mol. The van der Waals surface area contributed by atoms with Gasteiger partial charge in [-0.1, -0.05) is 0 Å². The molecule has 3 N–H and O–H groups in total. The van der Waals surface area contributed by atoms with E-state index in [1.165, 1.54) is 7.05 Å². The summed E-state index contributed by atoms with van der Waals surface area (Å²) in [6.07, 6.45) is 0. The second kappa shape index (κ2) is 540. The van der Waals surface area contributed by atoms with Crippen LogP contribution in [0.4, 0.5) is 0 Å². The van der Waals surface area contributed by atoms with Crippen molar-refractivity contribution in [1.82, 2.24) is 0 Å². The second-order valence-corrected chi connectivity index (χ2v) is 0. The van der Waals surface area contributed by atoms with Gasteiger partial charge in [-0.15, -0.1) is 13.2 Å². The Labute approximate surface area is 39.3 Å². The smallest absolute Gasteiger partial charge is 0.0319 e. The highest BCUT2D eigenvalue weighted by Crippen LogP contribution is 0.862. The Morgan fingerprint density at radius 1 is 1.17 bits per heavy atom. The normalized spacial score (nSPS) is 2.67. The minimum Gasteiger partial charge on any atom is -0.400 e. The summed E-state index contributed by atoms with van der Waals surface area (Å²) < 4.78 is 0. The zero-order chi connectivity index (χ0) is 6.00. The average Bonchev–Trinajstić information content (AvgIpc) is 1.81. The van der Waals surface area contributed by atoms with E-state index in [9.17, 15) is 0 Å². The maximum absolute atomic E-state index is 7.00. The van der Waals surface area contributed by atoms with Gasteiger partial charge in [-0.2, -0.15) is 0 Å². The van der Waals surface area contributed by atoms with E-state index in [2.05, 4.69) is 18.9 Å². The molecule has 0 fully saturated rings. The lowest BCUT2D eigenvalue weighted by Crippen LogP contribution is -1.69. The van der Waals surface area contributed by atoms with Crippen LogP contribution in [0.15, 0.2) is 13.2 Å². The first-order valence-electron chi connectivity index (χ1n) is 1.52. The standard InChI is InChI=1S/C2H4.CH5N.CH4O/c3*1-2/h1-2H2;2H2,1H3;2H,1H3. The molecule has 0 aliphatic heterocycles. The maximum atomic E-state index is 7.00. The molecule has 0 aromatic heterocycles. The molecule has 6 heavy (non-hydrogen) atoms. The van der Waals surface area contributed by atoms with Crippen molar-refractivity contribution in [2.45, 2.75) is 0 Å². The largest absolute Gasteiger partial charge is 0.400 e. The number of hydrogen-bond acceptors (Lipinski definition) is 2.